The van der Waals surface area contributed by atoms with Crippen LogP contribution in [-0.2, 0) is 4.79 Å². The molecule has 1 aliphatic rings. The highest BCUT2D eigenvalue weighted by Crippen LogP contribution is 2.30. The van der Waals surface area contributed by atoms with Crippen LogP contribution in [0.1, 0.15) is 50.2 Å². The van der Waals surface area contributed by atoms with Gasteiger partial charge in [-0.05, 0) is 35.2 Å². The normalized spacial score (nSPS) is 19.9. The average molecular weight is 283 g/mol. The molecule has 1 amide bonds. The lowest BCUT2D eigenvalue weighted by atomic mass is 9.82. The van der Waals surface area contributed by atoms with Crippen molar-refractivity contribution in [2.75, 3.05) is 6.54 Å². The van der Waals surface area contributed by atoms with Gasteiger partial charge >= 0.3 is 0 Å². The van der Waals surface area contributed by atoms with Crippen molar-refractivity contribution in [2.45, 2.75) is 50.2 Å². The molecule has 106 valence electrons. The van der Waals surface area contributed by atoms with Crippen molar-refractivity contribution >= 4 is 17.2 Å². The molecule has 1 saturated carbocycles. The van der Waals surface area contributed by atoms with Crippen molar-refractivity contribution in [2.24, 2.45) is 0 Å². The summed E-state index contributed by atoms with van der Waals surface area (Å²) in [6.45, 7) is 0.200. The largest absolute Gasteiger partial charge is 0.389 e. The standard InChI is InChI=1S/C14H21NO3S/c16-12(11-4-7-19-10-11)9-15-13(17)8-14(18)5-2-1-3-6-14/h4,7,10,12,16,18H,1-3,5-6,8-9H2,(H,15,17)/t12-/m1/s1. The van der Waals surface area contributed by atoms with Crippen molar-refractivity contribution in [3.63, 3.8) is 0 Å². The summed E-state index contributed by atoms with van der Waals surface area (Å²) >= 11 is 1.52. The smallest absolute Gasteiger partial charge is 0.222 e. The molecule has 3 N–H and O–H groups in total. The van der Waals surface area contributed by atoms with Crippen LogP contribution in [0.5, 0.6) is 0 Å². The lowest BCUT2D eigenvalue weighted by molar-refractivity contribution is -0.127. The minimum absolute atomic E-state index is 0.142. The number of hydrogen-bond donors (Lipinski definition) is 3. The first-order valence-corrected chi connectivity index (χ1v) is 7.73. The van der Waals surface area contributed by atoms with E-state index >= 15 is 0 Å². The Balaban J connectivity index is 1.75. The lowest BCUT2D eigenvalue weighted by Crippen LogP contribution is -2.39. The minimum Gasteiger partial charge on any atom is -0.389 e. The van der Waals surface area contributed by atoms with Crippen molar-refractivity contribution < 1.29 is 15.0 Å². The molecule has 1 heterocycles. The van der Waals surface area contributed by atoms with E-state index in [4.69, 9.17) is 0 Å². The summed E-state index contributed by atoms with van der Waals surface area (Å²) in [6, 6.07) is 1.84. The quantitative estimate of drug-likeness (QED) is 0.774. The number of amides is 1. The molecule has 0 unspecified atom stereocenters. The molecule has 5 heteroatoms. The zero-order chi connectivity index (χ0) is 13.7. The highest BCUT2D eigenvalue weighted by atomic mass is 32.1. The second-order valence-electron chi connectivity index (χ2n) is 5.34. The van der Waals surface area contributed by atoms with Gasteiger partial charge in [-0.25, -0.2) is 0 Å². The Morgan fingerprint density at radius 1 is 1.42 bits per heavy atom. The summed E-state index contributed by atoms with van der Waals surface area (Å²) in [5, 5.41) is 26.6. The van der Waals surface area contributed by atoms with Crippen LogP contribution in [0.15, 0.2) is 16.8 Å². The number of carbonyl (C=O) groups excluding carboxylic acids is 1. The van der Waals surface area contributed by atoms with E-state index in [-0.39, 0.29) is 18.9 Å². The summed E-state index contributed by atoms with van der Waals surface area (Å²) in [6.07, 6.45) is 3.99. The molecular formula is C14H21NO3S. The monoisotopic (exact) mass is 283 g/mol. The zero-order valence-corrected chi connectivity index (χ0v) is 11.8. The highest BCUT2D eigenvalue weighted by molar-refractivity contribution is 7.07. The van der Waals surface area contributed by atoms with E-state index in [1.54, 1.807) is 0 Å². The van der Waals surface area contributed by atoms with Crippen LogP contribution < -0.4 is 5.32 Å². The number of aliphatic hydroxyl groups excluding tert-OH is 1. The Kier molecular flexibility index (Phi) is 4.96. The van der Waals surface area contributed by atoms with E-state index in [1.165, 1.54) is 11.3 Å². The first-order chi connectivity index (χ1) is 9.09. The van der Waals surface area contributed by atoms with Gasteiger partial charge in [0.25, 0.3) is 0 Å². The molecule has 4 nitrogen and oxygen atoms in total. The summed E-state index contributed by atoms with van der Waals surface area (Å²) in [5.41, 5.74) is -0.0166. The Bertz CT molecular complexity index is 399. The van der Waals surface area contributed by atoms with Crippen molar-refractivity contribution in [1.82, 2.24) is 5.32 Å². The maximum atomic E-state index is 11.8. The third kappa shape index (κ3) is 4.30. The van der Waals surface area contributed by atoms with Gasteiger partial charge in [-0.1, -0.05) is 19.3 Å². The third-order valence-electron chi connectivity index (χ3n) is 3.69. The van der Waals surface area contributed by atoms with Crippen molar-refractivity contribution in [1.29, 1.82) is 0 Å². The molecule has 1 aromatic rings. The van der Waals surface area contributed by atoms with E-state index in [0.717, 1.165) is 24.8 Å². The average Bonchev–Trinajstić information content (AvgIpc) is 2.90. The van der Waals surface area contributed by atoms with E-state index in [1.807, 2.05) is 16.8 Å². The van der Waals surface area contributed by atoms with Gasteiger partial charge in [0.1, 0.15) is 0 Å². The molecule has 0 spiro atoms. The first-order valence-electron chi connectivity index (χ1n) is 6.78. The molecule has 1 fully saturated rings. The molecule has 0 aliphatic heterocycles. The molecule has 0 bridgehead atoms. The van der Waals surface area contributed by atoms with E-state index < -0.39 is 11.7 Å². The SMILES string of the molecule is O=C(CC1(O)CCCCC1)NC[C@@H](O)c1ccsc1. The van der Waals surface area contributed by atoms with Gasteiger partial charge in [0.05, 0.1) is 18.1 Å². The van der Waals surface area contributed by atoms with Gasteiger partial charge in [-0.3, -0.25) is 4.79 Å². The Morgan fingerprint density at radius 2 is 2.16 bits per heavy atom. The molecule has 0 radical (unpaired) electrons. The Hall–Kier alpha value is -0.910. The lowest BCUT2D eigenvalue weighted by Gasteiger charge is -2.31. The van der Waals surface area contributed by atoms with Crippen LogP contribution in [0, 0.1) is 0 Å². The van der Waals surface area contributed by atoms with Crippen LogP contribution in [-0.4, -0.2) is 28.3 Å². The second kappa shape index (κ2) is 6.50. The van der Waals surface area contributed by atoms with E-state index in [9.17, 15) is 15.0 Å². The number of hydrogen-bond acceptors (Lipinski definition) is 4. The minimum atomic E-state index is -0.838. The number of carbonyl (C=O) groups is 1. The van der Waals surface area contributed by atoms with Crippen LogP contribution in [0.25, 0.3) is 0 Å². The molecule has 19 heavy (non-hydrogen) atoms. The fourth-order valence-corrected chi connectivity index (χ4v) is 3.25. The van der Waals surface area contributed by atoms with Crippen molar-refractivity contribution in [3.8, 4) is 0 Å². The molecular weight excluding hydrogens is 262 g/mol. The molecule has 1 atom stereocenters. The molecule has 0 saturated heterocycles. The van der Waals surface area contributed by atoms with Crippen LogP contribution in [0.3, 0.4) is 0 Å². The van der Waals surface area contributed by atoms with Gasteiger partial charge < -0.3 is 15.5 Å². The fourth-order valence-electron chi connectivity index (χ4n) is 2.54. The maximum absolute atomic E-state index is 11.8. The second-order valence-corrected chi connectivity index (χ2v) is 6.12. The number of thiophene rings is 1. The number of aliphatic hydroxyl groups is 2. The summed E-state index contributed by atoms with van der Waals surface area (Å²) < 4.78 is 0. The topological polar surface area (TPSA) is 69.6 Å². The molecule has 0 aromatic carbocycles. The first kappa shape index (κ1) is 14.5. The van der Waals surface area contributed by atoms with Crippen LogP contribution >= 0.6 is 11.3 Å². The predicted octanol–water partition coefficient (Wildman–Crippen LogP) is 1.98. The number of nitrogens with one attached hydrogen (secondary N) is 1. The third-order valence-corrected chi connectivity index (χ3v) is 4.40. The molecule has 1 aromatic heterocycles. The number of rotatable bonds is 5. The van der Waals surface area contributed by atoms with Crippen LogP contribution in [0.4, 0.5) is 0 Å². The molecule has 2 rings (SSSR count). The van der Waals surface area contributed by atoms with Crippen LogP contribution in [0.2, 0.25) is 0 Å². The van der Waals surface area contributed by atoms with E-state index in [0.29, 0.717) is 12.8 Å². The van der Waals surface area contributed by atoms with E-state index in [2.05, 4.69) is 5.32 Å². The zero-order valence-electron chi connectivity index (χ0n) is 11.0. The molecule has 1 aliphatic carbocycles. The highest BCUT2D eigenvalue weighted by Gasteiger charge is 2.31. The summed E-state index contributed by atoms with van der Waals surface area (Å²) in [5.74, 6) is -0.182. The maximum Gasteiger partial charge on any atom is 0.222 e. The fraction of sp³-hybridized carbons (Fsp3) is 0.643. The van der Waals surface area contributed by atoms with Crippen molar-refractivity contribution in [3.05, 3.63) is 22.4 Å². The Labute approximate surface area is 117 Å². The summed E-state index contributed by atoms with van der Waals surface area (Å²) in [7, 11) is 0. The van der Waals surface area contributed by atoms with Gasteiger partial charge in [-0.15, -0.1) is 0 Å². The van der Waals surface area contributed by atoms with Gasteiger partial charge in [0.2, 0.25) is 5.91 Å². The van der Waals surface area contributed by atoms with Gasteiger partial charge in [0, 0.05) is 6.54 Å². The predicted molar refractivity (Wildman–Crippen MR) is 74.9 cm³/mol. The van der Waals surface area contributed by atoms with Gasteiger partial charge in [0.15, 0.2) is 0 Å². The Morgan fingerprint density at radius 3 is 2.79 bits per heavy atom. The summed E-state index contributed by atoms with van der Waals surface area (Å²) in [4.78, 5) is 11.8. The van der Waals surface area contributed by atoms with Gasteiger partial charge in [-0.2, -0.15) is 11.3 Å².